The number of rotatable bonds is 6. The molecule has 0 aliphatic rings. The molecule has 0 bridgehead atoms. The molecule has 0 spiro atoms. The molecule has 8 heteroatoms. The molecule has 0 amide bonds. The molecule has 0 fully saturated rings. The van der Waals surface area contributed by atoms with E-state index in [0.29, 0.717) is 10.9 Å². The van der Waals surface area contributed by atoms with E-state index in [2.05, 4.69) is 9.71 Å². The van der Waals surface area contributed by atoms with Crippen molar-refractivity contribution >= 4 is 33.0 Å². The van der Waals surface area contributed by atoms with Gasteiger partial charge in [0.05, 0.1) is 0 Å². The van der Waals surface area contributed by atoms with Gasteiger partial charge in [-0.1, -0.05) is 17.7 Å². The molecule has 0 saturated heterocycles. The van der Waals surface area contributed by atoms with Crippen LogP contribution in [0.15, 0.2) is 40.1 Å². The van der Waals surface area contributed by atoms with Crippen molar-refractivity contribution in [3.63, 3.8) is 0 Å². The van der Waals surface area contributed by atoms with Crippen LogP contribution in [-0.4, -0.2) is 26.6 Å². The Kier molecular flexibility index (Phi) is 4.76. The summed E-state index contributed by atoms with van der Waals surface area (Å²) in [5, 5.41) is 2.10. The first-order valence-corrected chi connectivity index (χ1v) is 8.10. The highest BCUT2D eigenvalue weighted by molar-refractivity contribution is 7.91. The number of ether oxygens (including phenoxy) is 1. The second-order valence-electron chi connectivity index (χ2n) is 3.47. The Hall–Kier alpha value is -1.15. The van der Waals surface area contributed by atoms with Crippen LogP contribution in [0.2, 0.25) is 5.02 Å². The SMILES string of the molecule is O=S(=O)(NCCOc1ncccc1Cl)c1cccs1. The van der Waals surface area contributed by atoms with Crippen LogP contribution < -0.4 is 9.46 Å². The molecule has 0 saturated carbocycles. The van der Waals surface area contributed by atoms with Gasteiger partial charge >= 0.3 is 0 Å². The maximum absolute atomic E-state index is 11.8. The number of nitrogens with one attached hydrogen (secondary N) is 1. The Morgan fingerprint density at radius 3 is 2.89 bits per heavy atom. The number of pyridine rings is 1. The predicted octanol–water partition coefficient (Wildman–Crippen LogP) is 2.15. The highest BCUT2D eigenvalue weighted by atomic mass is 35.5. The number of thiophene rings is 1. The van der Waals surface area contributed by atoms with Crippen molar-refractivity contribution in [1.82, 2.24) is 9.71 Å². The third-order valence-electron chi connectivity index (χ3n) is 2.12. The van der Waals surface area contributed by atoms with Gasteiger partial charge in [-0.05, 0) is 23.6 Å². The lowest BCUT2D eigenvalue weighted by Gasteiger charge is -2.07. The van der Waals surface area contributed by atoms with Crippen LogP contribution in [0.3, 0.4) is 0 Å². The maximum atomic E-state index is 11.8. The first kappa shape index (κ1) is 14.3. The molecule has 1 N–H and O–H groups in total. The standard InChI is InChI=1S/C11H11ClN2O3S2/c12-9-3-1-5-13-11(9)17-7-6-14-19(15,16)10-4-2-8-18-10/h1-5,8,14H,6-7H2. The molecular formula is C11H11ClN2O3S2. The number of nitrogens with zero attached hydrogens (tertiary/aromatic N) is 1. The fraction of sp³-hybridized carbons (Fsp3) is 0.182. The Balaban J connectivity index is 1.83. The molecule has 2 rings (SSSR count). The average molecular weight is 319 g/mol. The van der Waals surface area contributed by atoms with Gasteiger partial charge in [-0.2, -0.15) is 0 Å². The van der Waals surface area contributed by atoms with Crippen molar-refractivity contribution in [2.24, 2.45) is 0 Å². The van der Waals surface area contributed by atoms with E-state index >= 15 is 0 Å². The third-order valence-corrected chi connectivity index (χ3v) is 5.26. The normalized spacial score (nSPS) is 11.4. The second-order valence-corrected chi connectivity index (χ2v) is 6.82. The van der Waals surface area contributed by atoms with E-state index in [4.69, 9.17) is 16.3 Å². The van der Waals surface area contributed by atoms with Crippen LogP contribution >= 0.6 is 22.9 Å². The van der Waals surface area contributed by atoms with Crippen LogP contribution in [0.4, 0.5) is 0 Å². The van der Waals surface area contributed by atoms with Gasteiger partial charge in [0.15, 0.2) is 0 Å². The molecule has 2 heterocycles. The quantitative estimate of drug-likeness (QED) is 0.829. The largest absolute Gasteiger partial charge is 0.475 e. The van der Waals surface area contributed by atoms with Crippen molar-refractivity contribution in [3.05, 3.63) is 40.9 Å². The Labute approximate surface area is 120 Å². The van der Waals surface area contributed by atoms with Gasteiger partial charge in [-0.15, -0.1) is 11.3 Å². The molecule has 0 unspecified atom stereocenters. The molecule has 0 aromatic carbocycles. The van der Waals surface area contributed by atoms with Crippen molar-refractivity contribution in [2.75, 3.05) is 13.2 Å². The van der Waals surface area contributed by atoms with E-state index in [9.17, 15) is 8.42 Å². The van der Waals surface area contributed by atoms with Gasteiger partial charge in [-0.25, -0.2) is 18.1 Å². The van der Waals surface area contributed by atoms with Gasteiger partial charge in [-0.3, -0.25) is 0 Å². The van der Waals surface area contributed by atoms with Gasteiger partial charge < -0.3 is 4.74 Å². The van der Waals surface area contributed by atoms with Gasteiger partial charge in [0.2, 0.25) is 15.9 Å². The van der Waals surface area contributed by atoms with Crippen LogP contribution in [-0.2, 0) is 10.0 Å². The minimum absolute atomic E-state index is 0.146. The molecule has 0 aliphatic carbocycles. The zero-order valence-corrected chi connectivity index (χ0v) is 12.1. The van der Waals surface area contributed by atoms with E-state index in [1.165, 1.54) is 0 Å². The van der Waals surface area contributed by atoms with E-state index in [0.717, 1.165) is 11.3 Å². The van der Waals surface area contributed by atoms with Crippen LogP contribution in [0.5, 0.6) is 5.88 Å². The molecule has 0 atom stereocenters. The lowest BCUT2D eigenvalue weighted by molar-refractivity contribution is 0.311. The highest BCUT2D eigenvalue weighted by Gasteiger charge is 2.14. The van der Waals surface area contributed by atoms with E-state index < -0.39 is 10.0 Å². The van der Waals surface area contributed by atoms with Crippen LogP contribution in [0.25, 0.3) is 0 Å². The summed E-state index contributed by atoms with van der Waals surface area (Å²) < 4.78 is 31.5. The van der Waals surface area contributed by atoms with Crippen molar-refractivity contribution in [2.45, 2.75) is 4.21 Å². The number of halogens is 1. The number of hydrogen-bond acceptors (Lipinski definition) is 5. The van der Waals surface area contributed by atoms with Gasteiger partial charge in [0.25, 0.3) is 0 Å². The Morgan fingerprint density at radius 1 is 1.37 bits per heavy atom. The van der Waals surface area contributed by atoms with Crippen LogP contribution in [0, 0.1) is 0 Å². The zero-order valence-electron chi connectivity index (χ0n) is 9.74. The Morgan fingerprint density at radius 2 is 2.21 bits per heavy atom. The topological polar surface area (TPSA) is 68.3 Å². The average Bonchev–Trinajstić information content (AvgIpc) is 2.91. The lowest BCUT2D eigenvalue weighted by atomic mass is 10.5. The van der Waals surface area contributed by atoms with E-state index in [1.807, 2.05) is 0 Å². The number of aromatic nitrogens is 1. The van der Waals surface area contributed by atoms with Crippen LogP contribution in [0.1, 0.15) is 0 Å². The summed E-state index contributed by atoms with van der Waals surface area (Å²) in [4.78, 5) is 3.93. The summed E-state index contributed by atoms with van der Waals surface area (Å²) >= 11 is 7.01. The Bertz CT molecular complexity index is 629. The number of hydrogen-bond donors (Lipinski definition) is 1. The first-order valence-electron chi connectivity index (χ1n) is 5.36. The third kappa shape index (κ3) is 3.90. The summed E-state index contributed by atoms with van der Waals surface area (Å²) in [5.41, 5.74) is 0. The van der Waals surface area contributed by atoms with Crippen molar-refractivity contribution in [3.8, 4) is 5.88 Å². The molecule has 102 valence electrons. The zero-order chi connectivity index (χ0) is 13.7. The fourth-order valence-electron chi connectivity index (χ4n) is 1.29. The predicted molar refractivity (Wildman–Crippen MR) is 74.2 cm³/mol. The minimum Gasteiger partial charge on any atom is -0.475 e. The van der Waals surface area contributed by atoms with Gasteiger partial charge in [0, 0.05) is 12.7 Å². The summed E-state index contributed by atoms with van der Waals surface area (Å²) in [5.74, 6) is 0.291. The lowest BCUT2D eigenvalue weighted by Crippen LogP contribution is -2.27. The van der Waals surface area contributed by atoms with E-state index in [1.54, 1.807) is 35.8 Å². The van der Waals surface area contributed by atoms with Crippen molar-refractivity contribution in [1.29, 1.82) is 0 Å². The molecule has 0 radical (unpaired) electrons. The van der Waals surface area contributed by atoms with E-state index in [-0.39, 0.29) is 17.4 Å². The molecule has 0 aliphatic heterocycles. The monoisotopic (exact) mass is 318 g/mol. The summed E-state index contributed by atoms with van der Waals surface area (Å²) in [7, 11) is -3.45. The molecule has 19 heavy (non-hydrogen) atoms. The molecule has 2 aromatic heterocycles. The molecule has 2 aromatic rings. The smallest absolute Gasteiger partial charge is 0.250 e. The molecular weight excluding hydrogens is 308 g/mol. The minimum atomic E-state index is -3.45. The summed E-state index contributed by atoms with van der Waals surface area (Å²) in [6, 6.07) is 6.57. The maximum Gasteiger partial charge on any atom is 0.250 e. The van der Waals surface area contributed by atoms with Crippen molar-refractivity contribution < 1.29 is 13.2 Å². The second kappa shape index (κ2) is 6.33. The van der Waals surface area contributed by atoms with Gasteiger partial charge in [0.1, 0.15) is 15.8 Å². The first-order chi connectivity index (χ1) is 9.09. The number of sulfonamides is 1. The summed E-state index contributed by atoms with van der Waals surface area (Å²) in [6.07, 6.45) is 1.55. The summed E-state index contributed by atoms with van der Waals surface area (Å²) in [6.45, 7) is 0.300. The fourth-order valence-corrected chi connectivity index (χ4v) is 3.52. The highest BCUT2D eigenvalue weighted by Crippen LogP contribution is 2.19. The molecule has 5 nitrogen and oxygen atoms in total.